The maximum Gasteiger partial charge on any atom is 0.0299 e. The van der Waals surface area contributed by atoms with Gasteiger partial charge < -0.3 is 0 Å². The van der Waals surface area contributed by atoms with E-state index in [1.54, 1.807) is 0 Å². The SMILES string of the molecule is C/C=C(\C)c1ccc(C)s1.CC. The number of hydrogen-bond donors (Lipinski definition) is 0. The van der Waals surface area contributed by atoms with E-state index in [9.17, 15) is 0 Å². The van der Waals surface area contributed by atoms with Crippen LogP contribution in [0.25, 0.3) is 5.57 Å². The molecule has 1 heterocycles. The van der Waals surface area contributed by atoms with E-state index in [1.165, 1.54) is 15.3 Å². The lowest BCUT2D eigenvalue weighted by Gasteiger charge is -1.91. The maximum absolute atomic E-state index is 2.18. The third kappa shape index (κ3) is 3.22. The lowest BCUT2D eigenvalue weighted by molar-refractivity contribution is 1.50. The number of allylic oxidation sites excluding steroid dienone is 2. The highest BCUT2D eigenvalue weighted by atomic mass is 32.1. The predicted octanol–water partition coefficient (Wildman–Crippen LogP) is 4.51. The smallest absolute Gasteiger partial charge is 0.0299 e. The molecule has 0 atom stereocenters. The molecular formula is C11H18S. The van der Waals surface area contributed by atoms with Crippen LogP contribution in [0.2, 0.25) is 0 Å². The summed E-state index contributed by atoms with van der Waals surface area (Å²) in [7, 11) is 0. The minimum absolute atomic E-state index is 1.37. The molecule has 0 amide bonds. The van der Waals surface area contributed by atoms with Crippen molar-refractivity contribution in [2.24, 2.45) is 0 Å². The van der Waals surface area contributed by atoms with Gasteiger partial charge in [-0.15, -0.1) is 11.3 Å². The molecule has 0 saturated carbocycles. The van der Waals surface area contributed by atoms with Crippen molar-refractivity contribution < 1.29 is 0 Å². The Morgan fingerprint density at radius 1 is 1.33 bits per heavy atom. The molecule has 0 saturated heterocycles. The first kappa shape index (κ1) is 11.4. The number of rotatable bonds is 1. The summed E-state index contributed by atoms with van der Waals surface area (Å²) in [5, 5.41) is 0. The fraction of sp³-hybridized carbons (Fsp3) is 0.455. The molecule has 1 rings (SSSR count). The molecule has 0 aliphatic carbocycles. The van der Waals surface area contributed by atoms with E-state index in [0.29, 0.717) is 0 Å². The summed E-state index contributed by atoms with van der Waals surface area (Å²) in [5.41, 5.74) is 1.37. The number of aryl methyl sites for hydroxylation is 1. The van der Waals surface area contributed by atoms with Crippen molar-refractivity contribution in [3.63, 3.8) is 0 Å². The van der Waals surface area contributed by atoms with Crippen molar-refractivity contribution in [1.82, 2.24) is 0 Å². The summed E-state index contributed by atoms with van der Waals surface area (Å²) >= 11 is 1.85. The van der Waals surface area contributed by atoms with Gasteiger partial charge in [0, 0.05) is 9.75 Å². The van der Waals surface area contributed by atoms with Gasteiger partial charge in [-0.2, -0.15) is 0 Å². The monoisotopic (exact) mass is 182 g/mol. The third-order valence-electron chi connectivity index (χ3n) is 1.56. The van der Waals surface area contributed by atoms with Gasteiger partial charge in [-0.3, -0.25) is 0 Å². The Morgan fingerprint density at radius 2 is 1.92 bits per heavy atom. The highest BCUT2D eigenvalue weighted by molar-refractivity contribution is 7.13. The van der Waals surface area contributed by atoms with Crippen LogP contribution >= 0.6 is 11.3 Å². The van der Waals surface area contributed by atoms with Gasteiger partial charge in [0.1, 0.15) is 0 Å². The van der Waals surface area contributed by atoms with Gasteiger partial charge in [-0.25, -0.2) is 0 Å². The summed E-state index contributed by atoms with van der Waals surface area (Å²) in [6.07, 6.45) is 2.14. The molecule has 0 radical (unpaired) electrons. The number of thiophene rings is 1. The predicted molar refractivity (Wildman–Crippen MR) is 59.7 cm³/mol. The number of hydrogen-bond acceptors (Lipinski definition) is 1. The summed E-state index contributed by atoms with van der Waals surface area (Å²) in [6, 6.07) is 4.34. The Hall–Kier alpha value is -0.560. The Balaban J connectivity index is 0.000000561. The highest BCUT2D eigenvalue weighted by Gasteiger charge is 1.95. The van der Waals surface area contributed by atoms with Gasteiger partial charge in [0.05, 0.1) is 0 Å². The van der Waals surface area contributed by atoms with Crippen molar-refractivity contribution in [2.45, 2.75) is 34.6 Å². The van der Waals surface area contributed by atoms with E-state index in [2.05, 4.69) is 39.0 Å². The van der Waals surface area contributed by atoms with E-state index in [0.717, 1.165) is 0 Å². The molecule has 0 aliphatic heterocycles. The van der Waals surface area contributed by atoms with Crippen LogP contribution in [-0.4, -0.2) is 0 Å². The Kier molecular flexibility index (Phi) is 5.73. The van der Waals surface area contributed by atoms with Gasteiger partial charge in [0.2, 0.25) is 0 Å². The fourth-order valence-electron chi connectivity index (χ4n) is 0.789. The molecule has 0 bridgehead atoms. The standard InChI is InChI=1S/C9H12S.C2H6/c1-4-7(2)9-6-5-8(3)10-9;1-2/h4-6H,1-3H3;1-2H3/b7-4+;. The second-order valence-corrected chi connectivity index (χ2v) is 3.67. The molecule has 0 N–H and O–H groups in total. The minimum Gasteiger partial charge on any atom is -0.141 e. The summed E-state index contributed by atoms with van der Waals surface area (Å²) in [6.45, 7) is 10.4. The largest absolute Gasteiger partial charge is 0.141 e. The van der Waals surface area contributed by atoms with Crippen molar-refractivity contribution in [1.29, 1.82) is 0 Å². The van der Waals surface area contributed by atoms with Crippen LogP contribution in [-0.2, 0) is 0 Å². The maximum atomic E-state index is 2.18. The third-order valence-corrected chi connectivity index (χ3v) is 2.70. The molecule has 0 unspecified atom stereocenters. The lowest BCUT2D eigenvalue weighted by Crippen LogP contribution is -1.66. The van der Waals surface area contributed by atoms with Gasteiger partial charge >= 0.3 is 0 Å². The molecule has 1 aromatic rings. The molecular weight excluding hydrogens is 164 g/mol. The topological polar surface area (TPSA) is 0 Å². The van der Waals surface area contributed by atoms with E-state index < -0.39 is 0 Å². The van der Waals surface area contributed by atoms with E-state index in [-0.39, 0.29) is 0 Å². The zero-order valence-electron chi connectivity index (χ0n) is 8.64. The second-order valence-electron chi connectivity index (χ2n) is 2.38. The van der Waals surface area contributed by atoms with Crippen LogP contribution in [0.5, 0.6) is 0 Å². The van der Waals surface area contributed by atoms with Crippen LogP contribution in [0, 0.1) is 6.92 Å². The van der Waals surface area contributed by atoms with Crippen molar-refractivity contribution in [2.75, 3.05) is 0 Å². The second kappa shape index (κ2) is 6.01. The Bertz CT molecular complexity index is 243. The molecule has 0 aromatic carbocycles. The fourth-order valence-corrected chi connectivity index (χ4v) is 1.69. The van der Waals surface area contributed by atoms with Gasteiger partial charge in [0.15, 0.2) is 0 Å². The Labute approximate surface area is 79.9 Å². The summed E-state index contributed by atoms with van der Waals surface area (Å²) < 4.78 is 0. The summed E-state index contributed by atoms with van der Waals surface area (Å²) in [4.78, 5) is 2.77. The first-order chi connectivity index (χ1) is 5.74. The highest BCUT2D eigenvalue weighted by Crippen LogP contribution is 2.22. The first-order valence-corrected chi connectivity index (χ1v) is 5.25. The molecule has 0 fully saturated rings. The molecule has 0 spiro atoms. The van der Waals surface area contributed by atoms with E-state index in [1.807, 2.05) is 25.2 Å². The van der Waals surface area contributed by atoms with Crippen molar-refractivity contribution >= 4 is 16.9 Å². The van der Waals surface area contributed by atoms with Crippen LogP contribution in [0.3, 0.4) is 0 Å². The Morgan fingerprint density at radius 3 is 2.25 bits per heavy atom. The molecule has 1 aromatic heterocycles. The van der Waals surface area contributed by atoms with Crippen molar-refractivity contribution in [3.05, 3.63) is 28.0 Å². The van der Waals surface area contributed by atoms with Crippen LogP contribution in [0.4, 0.5) is 0 Å². The van der Waals surface area contributed by atoms with Gasteiger partial charge in [0.25, 0.3) is 0 Å². The molecule has 0 aliphatic rings. The molecule has 68 valence electrons. The first-order valence-electron chi connectivity index (χ1n) is 4.43. The quantitative estimate of drug-likeness (QED) is 0.599. The minimum atomic E-state index is 1.37. The van der Waals surface area contributed by atoms with Gasteiger partial charge in [-0.1, -0.05) is 19.9 Å². The molecule has 0 nitrogen and oxygen atoms in total. The normalized spacial score (nSPS) is 10.6. The zero-order chi connectivity index (χ0) is 9.56. The molecule has 12 heavy (non-hydrogen) atoms. The van der Waals surface area contributed by atoms with E-state index in [4.69, 9.17) is 0 Å². The summed E-state index contributed by atoms with van der Waals surface area (Å²) in [5.74, 6) is 0. The van der Waals surface area contributed by atoms with Crippen LogP contribution < -0.4 is 0 Å². The lowest BCUT2D eigenvalue weighted by atomic mass is 10.2. The average Bonchev–Trinajstić information content (AvgIpc) is 2.54. The zero-order valence-corrected chi connectivity index (χ0v) is 9.46. The molecule has 1 heteroatoms. The van der Waals surface area contributed by atoms with Gasteiger partial charge in [-0.05, 0) is 38.5 Å². The average molecular weight is 182 g/mol. The van der Waals surface area contributed by atoms with E-state index >= 15 is 0 Å². The van der Waals surface area contributed by atoms with Crippen LogP contribution in [0.15, 0.2) is 18.2 Å². The van der Waals surface area contributed by atoms with Crippen LogP contribution in [0.1, 0.15) is 37.4 Å². The van der Waals surface area contributed by atoms with Crippen molar-refractivity contribution in [3.8, 4) is 0 Å².